The molecule has 0 aromatic heterocycles. The van der Waals surface area contributed by atoms with Crippen LogP contribution in [0.1, 0.15) is 27.2 Å². The van der Waals surface area contributed by atoms with Crippen LogP contribution in [0.25, 0.3) is 0 Å². The molecule has 0 aliphatic rings. The van der Waals surface area contributed by atoms with E-state index in [4.69, 9.17) is 0 Å². The van der Waals surface area contributed by atoms with Crippen LogP contribution < -0.4 is 5.32 Å². The van der Waals surface area contributed by atoms with Crippen LogP contribution in [0, 0.1) is 5.92 Å². The monoisotopic (exact) mass is 215 g/mol. The maximum Gasteiger partial charge on any atom is 0.0379 e. The highest BCUT2D eigenvalue weighted by Gasteiger charge is 1.91. The van der Waals surface area contributed by atoms with Gasteiger partial charge in [-0.25, -0.2) is 0 Å². The van der Waals surface area contributed by atoms with Gasteiger partial charge >= 0.3 is 0 Å². The summed E-state index contributed by atoms with van der Waals surface area (Å²) < 4.78 is 0. The Morgan fingerprint density at radius 3 is 2.50 bits per heavy atom. The molecule has 0 saturated heterocycles. The SMILES string of the molecule is CCC(/C=C\Nc1ccccc1)=C/C(C)C. The van der Waals surface area contributed by atoms with E-state index >= 15 is 0 Å². The van der Waals surface area contributed by atoms with Gasteiger partial charge in [-0.3, -0.25) is 0 Å². The first-order valence-corrected chi connectivity index (χ1v) is 5.91. The fourth-order valence-corrected chi connectivity index (χ4v) is 1.50. The minimum Gasteiger partial charge on any atom is -0.362 e. The van der Waals surface area contributed by atoms with Crippen LogP contribution in [-0.4, -0.2) is 0 Å². The van der Waals surface area contributed by atoms with E-state index in [0.717, 1.165) is 12.1 Å². The Balaban J connectivity index is 2.53. The van der Waals surface area contributed by atoms with Crippen molar-refractivity contribution in [2.45, 2.75) is 27.2 Å². The van der Waals surface area contributed by atoms with E-state index in [9.17, 15) is 0 Å². The molecule has 0 bridgehead atoms. The molecule has 86 valence electrons. The number of benzene rings is 1. The van der Waals surface area contributed by atoms with E-state index in [1.54, 1.807) is 0 Å². The molecule has 1 aromatic carbocycles. The third-order valence-electron chi connectivity index (χ3n) is 2.28. The second-order valence-electron chi connectivity index (χ2n) is 4.18. The van der Waals surface area contributed by atoms with Crippen molar-refractivity contribution < 1.29 is 0 Å². The Morgan fingerprint density at radius 1 is 1.25 bits per heavy atom. The van der Waals surface area contributed by atoms with E-state index in [2.05, 4.69) is 50.4 Å². The largest absolute Gasteiger partial charge is 0.362 e. The smallest absolute Gasteiger partial charge is 0.0379 e. The minimum absolute atomic E-state index is 0.608. The topological polar surface area (TPSA) is 12.0 Å². The van der Waals surface area contributed by atoms with Crippen molar-refractivity contribution >= 4 is 5.69 Å². The summed E-state index contributed by atoms with van der Waals surface area (Å²) in [7, 11) is 0. The normalized spacial score (nSPS) is 12.4. The van der Waals surface area contributed by atoms with Gasteiger partial charge in [0.2, 0.25) is 0 Å². The molecule has 0 amide bonds. The van der Waals surface area contributed by atoms with Crippen molar-refractivity contribution in [2.75, 3.05) is 5.32 Å². The zero-order valence-electron chi connectivity index (χ0n) is 10.4. The number of hydrogen-bond acceptors (Lipinski definition) is 1. The Bertz CT molecular complexity index is 347. The highest BCUT2D eigenvalue weighted by Crippen LogP contribution is 2.09. The van der Waals surface area contributed by atoms with Gasteiger partial charge in [0.05, 0.1) is 0 Å². The van der Waals surface area contributed by atoms with Crippen LogP contribution in [0.5, 0.6) is 0 Å². The number of hydrogen-bond donors (Lipinski definition) is 1. The van der Waals surface area contributed by atoms with Crippen molar-refractivity contribution in [2.24, 2.45) is 5.92 Å². The molecule has 1 rings (SSSR count). The number of rotatable bonds is 5. The quantitative estimate of drug-likeness (QED) is 0.707. The molecule has 0 spiro atoms. The maximum atomic E-state index is 3.26. The standard InChI is InChI=1S/C15H21N/c1-4-14(12-13(2)3)10-11-16-15-8-6-5-7-9-15/h5-13,16H,4H2,1-3H3/b11-10-,14-12-. The fraction of sp³-hybridized carbons (Fsp3) is 0.333. The lowest BCUT2D eigenvalue weighted by Gasteiger charge is -2.02. The van der Waals surface area contributed by atoms with E-state index < -0.39 is 0 Å². The number of nitrogens with one attached hydrogen (secondary N) is 1. The average molecular weight is 215 g/mol. The molecule has 0 unspecified atom stereocenters. The Morgan fingerprint density at radius 2 is 1.94 bits per heavy atom. The second-order valence-corrected chi connectivity index (χ2v) is 4.18. The first-order valence-electron chi connectivity index (χ1n) is 5.91. The molecule has 1 nitrogen and oxygen atoms in total. The molecule has 0 aliphatic heterocycles. The van der Waals surface area contributed by atoms with Gasteiger partial charge in [-0.2, -0.15) is 0 Å². The summed E-state index contributed by atoms with van der Waals surface area (Å²) in [5.74, 6) is 0.608. The molecule has 1 heteroatoms. The van der Waals surface area contributed by atoms with Crippen LogP contribution in [0.3, 0.4) is 0 Å². The lowest BCUT2D eigenvalue weighted by molar-refractivity contribution is 0.818. The van der Waals surface area contributed by atoms with Crippen molar-refractivity contribution in [1.29, 1.82) is 0 Å². The molecule has 0 atom stereocenters. The molecule has 0 fully saturated rings. The van der Waals surface area contributed by atoms with Crippen molar-refractivity contribution in [3.05, 3.63) is 54.3 Å². The lowest BCUT2D eigenvalue weighted by atomic mass is 10.1. The van der Waals surface area contributed by atoms with Gasteiger partial charge in [0, 0.05) is 11.9 Å². The summed E-state index contributed by atoms with van der Waals surface area (Å²) in [6.07, 6.45) is 7.52. The molecule has 1 N–H and O–H groups in total. The summed E-state index contributed by atoms with van der Waals surface area (Å²) in [6.45, 7) is 6.59. The van der Waals surface area contributed by atoms with Crippen LogP contribution in [0.2, 0.25) is 0 Å². The Kier molecular flexibility index (Phi) is 5.41. The van der Waals surface area contributed by atoms with Gasteiger partial charge in [-0.15, -0.1) is 0 Å². The molecular formula is C15H21N. The summed E-state index contributed by atoms with van der Waals surface area (Å²) >= 11 is 0. The molecule has 0 radical (unpaired) electrons. The average Bonchev–Trinajstić information content (AvgIpc) is 2.28. The Hall–Kier alpha value is -1.50. The number of allylic oxidation sites excluding steroid dienone is 3. The molecule has 1 aromatic rings. The fourth-order valence-electron chi connectivity index (χ4n) is 1.50. The van der Waals surface area contributed by atoms with Crippen molar-refractivity contribution in [3.8, 4) is 0 Å². The molecule has 16 heavy (non-hydrogen) atoms. The third kappa shape index (κ3) is 4.83. The van der Waals surface area contributed by atoms with E-state index in [1.807, 2.05) is 24.4 Å². The second kappa shape index (κ2) is 6.89. The van der Waals surface area contributed by atoms with Crippen LogP contribution >= 0.6 is 0 Å². The van der Waals surface area contributed by atoms with Gasteiger partial charge in [0.25, 0.3) is 0 Å². The van der Waals surface area contributed by atoms with E-state index in [1.165, 1.54) is 5.57 Å². The predicted octanol–water partition coefficient (Wildman–Crippen LogP) is 4.60. The molecular weight excluding hydrogens is 194 g/mol. The summed E-state index contributed by atoms with van der Waals surface area (Å²) in [6, 6.07) is 10.2. The van der Waals surface area contributed by atoms with E-state index in [0.29, 0.717) is 5.92 Å². The Labute approximate surface area is 98.9 Å². The summed E-state index contributed by atoms with van der Waals surface area (Å²) in [5.41, 5.74) is 2.50. The van der Waals surface area contributed by atoms with Crippen molar-refractivity contribution in [1.82, 2.24) is 0 Å². The predicted molar refractivity (Wildman–Crippen MR) is 72.4 cm³/mol. The minimum atomic E-state index is 0.608. The number of para-hydroxylation sites is 1. The maximum absolute atomic E-state index is 3.26. The van der Waals surface area contributed by atoms with Crippen LogP contribution in [-0.2, 0) is 0 Å². The van der Waals surface area contributed by atoms with E-state index in [-0.39, 0.29) is 0 Å². The van der Waals surface area contributed by atoms with Gasteiger partial charge in [0.15, 0.2) is 0 Å². The third-order valence-corrected chi connectivity index (χ3v) is 2.28. The zero-order valence-corrected chi connectivity index (χ0v) is 10.4. The molecule has 0 heterocycles. The van der Waals surface area contributed by atoms with Crippen LogP contribution in [0.4, 0.5) is 5.69 Å². The first-order chi connectivity index (χ1) is 7.72. The highest BCUT2D eigenvalue weighted by molar-refractivity contribution is 5.45. The van der Waals surface area contributed by atoms with Crippen LogP contribution in [0.15, 0.2) is 54.3 Å². The zero-order chi connectivity index (χ0) is 11.8. The van der Waals surface area contributed by atoms with Gasteiger partial charge in [-0.1, -0.05) is 50.6 Å². The summed E-state index contributed by atoms with van der Waals surface area (Å²) in [4.78, 5) is 0. The number of anilines is 1. The summed E-state index contributed by atoms with van der Waals surface area (Å²) in [5, 5.41) is 3.26. The molecule has 0 aliphatic carbocycles. The molecule has 0 saturated carbocycles. The first kappa shape index (κ1) is 12.6. The van der Waals surface area contributed by atoms with Gasteiger partial charge in [0.1, 0.15) is 0 Å². The lowest BCUT2D eigenvalue weighted by Crippen LogP contribution is -1.88. The van der Waals surface area contributed by atoms with Gasteiger partial charge < -0.3 is 5.32 Å². The van der Waals surface area contributed by atoms with Crippen molar-refractivity contribution in [3.63, 3.8) is 0 Å². The van der Waals surface area contributed by atoms with Gasteiger partial charge in [-0.05, 0) is 30.5 Å². The highest BCUT2D eigenvalue weighted by atomic mass is 14.8.